The van der Waals surface area contributed by atoms with Crippen LogP contribution in [0.25, 0.3) is 28.1 Å². The van der Waals surface area contributed by atoms with Crippen LogP contribution in [0.1, 0.15) is 0 Å². The molecule has 0 aliphatic carbocycles. The van der Waals surface area contributed by atoms with E-state index >= 15 is 0 Å². The van der Waals surface area contributed by atoms with E-state index < -0.39 is 0 Å². The predicted octanol–water partition coefficient (Wildman–Crippen LogP) is 5.35. The molecule has 0 spiro atoms. The second kappa shape index (κ2) is 5.32. The second-order valence-corrected chi connectivity index (χ2v) is 5.54. The van der Waals surface area contributed by atoms with Gasteiger partial charge in [0.15, 0.2) is 0 Å². The lowest BCUT2D eigenvalue weighted by Crippen LogP contribution is -1.97. The summed E-state index contributed by atoms with van der Waals surface area (Å²) in [6.07, 6.45) is 0. The quantitative estimate of drug-likeness (QED) is 0.488. The van der Waals surface area contributed by atoms with Crippen LogP contribution in [0.2, 0.25) is 5.02 Å². The largest absolute Gasteiger partial charge is 0.292 e. The van der Waals surface area contributed by atoms with E-state index in [4.69, 9.17) is 16.6 Å². The summed E-state index contributed by atoms with van der Waals surface area (Å²) in [5.41, 5.74) is 4.14. The van der Waals surface area contributed by atoms with Gasteiger partial charge in [0.1, 0.15) is 5.82 Å². The summed E-state index contributed by atoms with van der Waals surface area (Å²) in [6, 6.07) is 26.2. The summed E-state index contributed by atoms with van der Waals surface area (Å²) in [4.78, 5) is 4.81. The molecule has 3 aromatic carbocycles. The molecule has 0 unspecified atom stereocenters. The standard InChI is InChI=1S/C19H13ClN2/c20-15-9-6-10-16(13-15)22-18-12-5-4-11-17(18)21-19(22)14-7-2-1-3-8-14/h1-13H. The Morgan fingerprint density at radius 3 is 2.36 bits per heavy atom. The van der Waals surface area contributed by atoms with Crippen LogP contribution in [0.5, 0.6) is 0 Å². The highest BCUT2D eigenvalue weighted by atomic mass is 35.5. The first-order valence-electron chi connectivity index (χ1n) is 7.12. The molecular formula is C19H13ClN2. The molecule has 106 valence electrons. The third-order valence-electron chi connectivity index (χ3n) is 3.66. The zero-order chi connectivity index (χ0) is 14.9. The Balaban J connectivity index is 2.07. The first kappa shape index (κ1) is 13.1. The van der Waals surface area contributed by atoms with Crippen molar-refractivity contribution in [2.24, 2.45) is 0 Å². The number of hydrogen-bond acceptors (Lipinski definition) is 1. The minimum absolute atomic E-state index is 0.717. The molecule has 2 nitrogen and oxygen atoms in total. The van der Waals surface area contributed by atoms with Crippen molar-refractivity contribution in [1.82, 2.24) is 9.55 Å². The first-order valence-corrected chi connectivity index (χ1v) is 7.49. The highest BCUT2D eigenvalue weighted by Crippen LogP contribution is 2.29. The molecule has 1 heterocycles. The molecule has 0 fully saturated rings. The van der Waals surface area contributed by atoms with Gasteiger partial charge in [0.05, 0.1) is 11.0 Å². The van der Waals surface area contributed by atoms with E-state index in [0.29, 0.717) is 5.02 Å². The number of nitrogens with zero attached hydrogens (tertiary/aromatic N) is 2. The topological polar surface area (TPSA) is 17.8 Å². The summed E-state index contributed by atoms with van der Waals surface area (Å²) >= 11 is 6.18. The van der Waals surface area contributed by atoms with E-state index in [9.17, 15) is 0 Å². The summed E-state index contributed by atoms with van der Waals surface area (Å²) in [5.74, 6) is 0.920. The van der Waals surface area contributed by atoms with Crippen LogP contribution in [0.4, 0.5) is 0 Å². The van der Waals surface area contributed by atoms with Gasteiger partial charge in [0, 0.05) is 16.3 Å². The summed E-state index contributed by atoms with van der Waals surface area (Å²) in [6.45, 7) is 0. The third kappa shape index (κ3) is 2.18. The Bertz CT molecular complexity index is 942. The van der Waals surface area contributed by atoms with Crippen molar-refractivity contribution in [3.05, 3.63) is 83.9 Å². The molecule has 1 aromatic heterocycles. The number of benzene rings is 3. The minimum Gasteiger partial charge on any atom is -0.292 e. The number of aromatic nitrogens is 2. The minimum atomic E-state index is 0.717. The van der Waals surface area contributed by atoms with Gasteiger partial charge in [0.25, 0.3) is 0 Å². The van der Waals surface area contributed by atoms with Crippen LogP contribution in [0.3, 0.4) is 0 Å². The molecule has 0 atom stereocenters. The Morgan fingerprint density at radius 2 is 1.55 bits per heavy atom. The van der Waals surface area contributed by atoms with E-state index in [1.54, 1.807) is 0 Å². The van der Waals surface area contributed by atoms with Crippen molar-refractivity contribution in [2.75, 3.05) is 0 Å². The Hall–Kier alpha value is -2.58. The summed E-state index contributed by atoms with van der Waals surface area (Å²) in [7, 11) is 0. The maximum Gasteiger partial charge on any atom is 0.145 e. The average Bonchev–Trinajstić information content (AvgIpc) is 2.95. The van der Waals surface area contributed by atoms with Crippen molar-refractivity contribution < 1.29 is 0 Å². The fraction of sp³-hybridized carbons (Fsp3) is 0. The number of hydrogen-bond donors (Lipinski definition) is 0. The molecule has 4 aromatic rings. The van der Waals surface area contributed by atoms with E-state index in [0.717, 1.165) is 28.1 Å². The average molecular weight is 305 g/mol. The van der Waals surface area contributed by atoms with Gasteiger partial charge < -0.3 is 0 Å². The van der Waals surface area contributed by atoms with Gasteiger partial charge in [-0.1, -0.05) is 60.1 Å². The van der Waals surface area contributed by atoms with Gasteiger partial charge in [-0.25, -0.2) is 4.98 Å². The number of imidazole rings is 1. The van der Waals surface area contributed by atoms with Crippen molar-refractivity contribution in [3.8, 4) is 17.1 Å². The van der Waals surface area contributed by atoms with Crippen LogP contribution in [0.15, 0.2) is 78.9 Å². The molecule has 0 saturated carbocycles. The van der Waals surface area contributed by atoms with Crippen molar-refractivity contribution in [1.29, 1.82) is 0 Å². The third-order valence-corrected chi connectivity index (χ3v) is 3.89. The SMILES string of the molecule is Clc1cccc(-n2c(-c3ccccc3)nc3ccccc32)c1. The van der Waals surface area contributed by atoms with Crippen molar-refractivity contribution in [2.45, 2.75) is 0 Å². The van der Waals surface area contributed by atoms with Crippen LogP contribution in [-0.4, -0.2) is 9.55 Å². The number of fused-ring (bicyclic) bond motifs is 1. The van der Waals surface area contributed by atoms with Gasteiger partial charge in [-0.3, -0.25) is 4.57 Å². The summed E-state index contributed by atoms with van der Waals surface area (Å²) < 4.78 is 2.15. The second-order valence-electron chi connectivity index (χ2n) is 5.11. The molecule has 0 N–H and O–H groups in total. The van der Waals surface area contributed by atoms with Gasteiger partial charge in [-0.15, -0.1) is 0 Å². The molecule has 0 amide bonds. The van der Waals surface area contributed by atoms with E-state index in [1.807, 2.05) is 60.7 Å². The van der Waals surface area contributed by atoms with Gasteiger partial charge in [0.2, 0.25) is 0 Å². The van der Waals surface area contributed by atoms with E-state index in [1.165, 1.54) is 0 Å². The zero-order valence-electron chi connectivity index (χ0n) is 11.8. The smallest absolute Gasteiger partial charge is 0.145 e. The molecule has 0 saturated heterocycles. The fourth-order valence-electron chi connectivity index (χ4n) is 2.68. The first-order chi connectivity index (χ1) is 10.8. The number of para-hydroxylation sites is 2. The van der Waals surface area contributed by atoms with E-state index in [2.05, 4.69) is 22.8 Å². The van der Waals surface area contributed by atoms with Crippen molar-refractivity contribution >= 4 is 22.6 Å². The molecule has 4 rings (SSSR count). The highest BCUT2D eigenvalue weighted by molar-refractivity contribution is 6.30. The lowest BCUT2D eigenvalue weighted by molar-refractivity contribution is 1.10. The van der Waals surface area contributed by atoms with Gasteiger partial charge >= 0.3 is 0 Å². The van der Waals surface area contributed by atoms with Gasteiger partial charge in [-0.2, -0.15) is 0 Å². The number of rotatable bonds is 2. The molecule has 0 radical (unpaired) electrons. The lowest BCUT2D eigenvalue weighted by atomic mass is 10.2. The molecule has 0 aliphatic heterocycles. The summed E-state index contributed by atoms with van der Waals surface area (Å²) in [5, 5.41) is 0.717. The fourth-order valence-corrected chi connectivity index (χ4v) is 2.87. The van der Waals surface area contributed by atoms with Gasteiger partial charge in [-0.05, 0) is 30.3 Å². The lowest BCUT2D eigenvalue weighted by Gasteiger charge is -2.09. The highest BCUT2D eigenvalue weighted by Gasteiger charge is 2.13. The molecule has 3 heteroatoms. The van der Waals surface area contributed by atoms with Crippen LogP contribution in [0, 0.1) is 0 Å². The maximum absolute atomic E-state index is 6.18. The van der Waals surface area contributed by atoms with E-state index in [-0.39, 0.29) is 0 Å². The van der Waals surface area contributed by atoms with Crippen LogP contribution in [-0.2, 0) is 0 Å². The Kier molecular flexibility index (Phi) is 3.17. The number of halogens is 1. The van der Waals surface area contributed by atoms with Crippen LogP contribution >= 0.6 is 11.6 Å². The Labute approximate surface area is 133 Å². The monoisotopic (exact) mass is 304 g/mol. The molecule has 0 bridgehead atoms. The van der Waals surface area contributed by atoms with Crippen LogP contribution < -0.4 is 0 Å². The predicted molar refractivity (Wildman–Crippen MR) is 91.5 cm³/mol. The molecule has 22 heavy (non-hydrogen) atoms. The molecular weight excluding hydrogens is 292 g/mol. The normalized spacial score (nSPS) is 11.0. The maximum atomic E-state index is 6.18. The molecule has 0 aliphatic rings. The van der Waals surface area contributed by atoms with Crippen molar-refractivity contribution in [3.63, 3.8) is 0 Å². The zero-order valence-corrected chi connectivity index (χ0v) is 12.5. The Morgan fingerprint density at radius 1 is 0.773 bits per heavy atom.